The molecule has 0 amide bonds. The molecule has 7 heteroatoms. The molecule has 0 atom stereocenters. The first-order valence-electron chi connectivity index (χ1n) is 10.8. The van der Waals surface area contributed by atoms with E-state index in [-0.39, 0.29) is 29.4 Å². The maximum Gasteiger partial charge on any atom is 0.193 e. The van der Waals surface area contributed by atoms with Gasteiger partial charge in [-0.25, -0.2) is 0 Å². The number of methoxy groups -OCH3 is 2. The summed E-state index contributed by atoms with van der Waals surface area (Å²) >= 11 is 0. The lowest BCUT2D eigenvalue weighted by atomic mass is 9.73. The number of rotatable bonds is 7. The predicted molar refractivity (Wildman–Crippen MR) is 141 cm³/mol. The van der Waals surface area contributed by atoms with E-state index >= 15 is 0 Å². The summed E-state index contributed by atoms with van der Waals surface area (Å²) in [7, 11) is 7.32. The summed E-state index contributed by atoms with van der Waals surface area (Å²) in [5.41, 5.74) is 3.53. The van der Waals surface area contributed by atoms with Crippen molar-refractivity contribution in [3.05, 3.63) is 59.2 Å². The van der Waals surface area contributed by atoms with Gasteiger partial charge in [0.25, 0.3) is 0 Å². The lowest BCUT2D eigenvalue weighted by Gasteiger charge is -2.39. The van der Waals surface area contributed by atoms with Crippen LogP contribution >= 0.6 is 24.0 Å². The highest BCUT2D eigenvalue weighted by Gasteiger charge is 2.37. The maximum absolute atomic E-state index is 5.74. The van der Waals surface area contributed by atoms with Crippen LogP contribution in [0, 0.1) is 6.92 Å². The molecule has 2 aromatic rings. The van der Waals surface area contributed by atoms with Crippen molar-refractivity contribution in [2.45, 2.75) is 31.7 Å². The summed E-state index contributed by atoms with van der Waals surface area (Å²) in [6.45, 7) is 5.08. The number of benzene rings is 2. The molecule has 1 N–H and O–H groups in total. The number of para-hydroxylation sites is 1. The van der Waals surface area contributed by atoms with Gasteiger partial charge in [0.1, 0.15) is 11.5 Å². The number of aryl methyl sites for hydroxylation is 1. The molecule has 1 aliphatic heterocycles. The van der Waals surface area contributed by atoms with Crippen LogP contribution in [-0.2, 0) is 16.7 Å². The topological polar surface area (TPSA) is 55.3 Å². The average Bonchev–Trinajstić information content (AvgIpc) is 2.80. The molecule has 1 heterocycles. The van der Waals surface area contributed by atoms with E-state index in [9.17, 15) is 0 Å². The second-order valence-corrected chi connectivity index (χ2v) is 8.17. The molecular formula is C25H36IN3O3. The molecule has 0 aromatic heterocycles. The van der Waals surface area contributed by atoms with E-state index in [4.69, 9.17) is 14.2 Å². The van der Waals surface area contributed by atoms with E-state index in [0.29, 0.717) is 6.54 Å². The van der Waals surface area contributed by atoms with Crippen molar-refractivity contribution >= 4 is 29.9 Å². The van der Waals surface area contributed by atoms with Crippen molar-refractivity contribution < 1.29 is 14.2 Å². The molecule has 0 aliphatic carbocycles. The minimum absolute atomic E-state index is 0. The maximum atomic E-state index is 5.74. The number of hydrogen-bond acceptors (Lipinski definition) is 4. The van der Waals surface area contributed by atoms with Crippen LogP contribution in [0.5, 0.6) is 11.5 Å². The SMILES string of the molecule is CN=C(NCC1(c2cc(C)ccc2OC)CCOCC1)N(C)Cc1ccccc1OC.I. The van der Waals surface area contributed by atoms with Gasteiger partial charge in [-0.2, -0.15) is 0 Å². The lowest BCUT2D eigenvalue weighted by Crippen LogP contribution is -2.48. The Labute approximate surface area is 209 Å². The molecule has 1 fully saturated rings. The second kappa shape index (κ2) is 12.3. The number of ether oxygens (including phenoxy) is 3. The Kier molecular flexibility index (Phi) is 10.1. The van der Waals surface area contributed by atoms with E-state index in [1.54, 1.807) is 14.2 Å². The first kappa shape index (κ1) is 26.3. The third-order valence-corrected chi connectivity index (χ3v) is 6.13. The van der Waals surface area contributed by atoms with Crippen molar-refractivity contribution in [1.82, 2.24) is 10.2 Å². The zero-order valence-electron chi connectivity index (χ0n) is 19.8. The van der Waals surface area contributed by atoms with E-state index < -0.39 is 0 Å². The number of aliphatic imine (C=N–C) groups is 1. The van der Waals surface area contributed by atoms with Crippen molar-refractivity contribution in [2.24, 2.45) is 4.99 Å². The van der Waals surface area contributed by atoms with Crippen LogP contribution < -0.4 is 14.8 Å². The molecule has 0 unspecified atom stereocenters. The summed E-state index contributed by atoms with van der Waals surface area (Å²) in [4.78, 5) is 6.66. The van der Waals surface area contributed by atoms with E-state index in [2.05, 4.69) is 46.4 Å². The highest BCUT2D eigenvalue weighted by atomic mass is 127. The number of halogens is 1. The number of guanidine groups is 1. The minimum atomic E-state index is -0.0726. The van der Waals surface area contributed by atoms with Crippen molar-refractivity contribution in [3.8, 4) is 11.5 Å². The molecule has 0 spiro atoms. The van der Waals surface area contributed by atoms with Crippen LogP contribution in [0.2, 0.25) is 0 Å². The van der Waals surface area contributed by atoms with Crippen LogP contribution in [0.25, 0.3) is 0 Å². The highest BCUT2D eigenvalue weighted by molar-refractivity contribution is 14.0. The Morgan fingerprint density at radius 3 is 2.44 bits per heavy atom. The monoisotopic (exact) mass is 553 g/mol. The van der Waals surface area contributed by atoms with Crippen molar-refractivity contribution in [3.63, 3.8) is 0 Å². The largest absolute Gasteiger partial charge is 0.496 e. The zero-order valence-corrected chi connectivity index (χ0v) is 22.1. The van der Waals surface area contributed by atoms with Gasteiger partial charge in [-0.15, -0.1) is 24.0 Å². The Morgan fingerprint density at radius 1 is 1.09 bits per heavy atom. The van der Waals surface area contributed by atoms with Gasteiger partial charge in [0.2, 0.25) is 0 Å². The summed E-state index contributed by atoms with van der Waals surface area (Å²) in [5, 5.41) is 3.63. The Balaban J connectivity index is 0.00000363. The fourth-order valence-corrected chi connectivity index (χ4v) is 4.34. The van der Waals surface area contributed by atoms with E-state index in [1.807, 2.05) is 32.3 Å². The quantitative estimate of drug-likeness (QED) is 0.313. The van der Waals surface area contributed by atoms with Gasteiger partial charge >= 0.3 is 0 Å². The molecule has 1 aliphatic rings. The minimum Gasteiger partial charge on any atom is -0.496 e. The molecule has 176 valence electrons. The smallest absolute Gasteiger partial charge is 0.193 e. The summed E-state index contributed by atoms with van der Waals surface area (Å²) in [6.07, 6.45) is 1.88. The Bertz CT molecular complexity index is 898. The molecule has 0 saturated carbocycles. The molecular weight excluding hydrogens is 517 g/mol. The van der Waals surface area contributed by atoms with Crippen LogP contribution in [0.15, 0.2) is 47.5 Å². The molecule has 0 bridgehead atoms. The first-order chi connectivity index (χ1) is 15.0. The van der Waals surface area contributed by atoms with Gasteiger partial charge in [-0.1, -0.05) is 35.9 Å². The molecule has 32 heavy (non-hydrogen) atoms. The first-order valence-corrected chi connectivity index (χ1v) is 10.8. The van der Waals surface area contributed by atoms with Gasteiger partial charge in [0, 0.05) is 56.9 Å². The Morgan fingerprint density at radius 2 is 1.78 bits per heavy atom. The van der Waals surface area contributed by atoms with Gasteiger partial charge in [0.15, 0.2) is 5.96 Å². The summed E-state index contributed by atoms with van der Waals surface area (Å²) in [5.74, 6) is 2.67. The fourth-order valence-electron chi connectivity index (χ4n) is 4.34. The van der Waals surface area contributed by atoms with Gasteiger partial charge in [-0.05, 0) is 31.9 Å². The third kappa shape index (κ3) is 6.07. The summed E-state index contributed by atoms with van der Waals surface area (Å²) < 4.78 is 17.0. The summed E-state index contributed by atoms with van der Waals surface area (Å²) in [6, 6.07) is 14.5. The van der Waals surface area contributed by atoms with E-state index in [1.165, 1.54) is 11.1 Å². The van der Waals surface area contributed by atoms with E-state index in [0.717, 1.165) is 55.6 Å². The number of nitrogens with zero attached hydrogens (tertiary/aromatic N) is 2. The van der Waals surface area contributed by atoms with Crippen molar-refractivity contribution in [1.29, 1.82) is 0 Å². The number of hydrogen-bond donors (Lipinski definition) is 1. The number of nitrogens with one attached hydrogen (secondary N) is 1. The van der Waals surface area contributed by atoms with Crippen molar-refractivity contribution in [2.75, 3.05) is 48.1 Å². The predicted octanol–water partition coefficient (Wildman–Crippen LogP) is 4.39. The normalized spacial score (nSPS) is 15.5. The Hall–Kier alpha value is -2.00. The average molecular weight is 553 g/mol. The molecule has 2 aromatic carbocycles. The fraction of sp³-hybridized carbons (Fsp3) is 0.480. The second-order valence-electron chi connectivity index (χ2n) is 8.17. The van der Waals surface area contributed by atoms with Crippen LogP contribution in [0.3, 0.4) is 0 Å². The standard InChI is InChI=1S/C25H35N3O3.HI/c1-19-10-11-23(30-5)21(16-19)25(12-14-31-15-13-25)18-27-24(26-2)28(3)17-20-8-6-7-9-22(20)29-4;/h6-11,16H,12-15,17-18H2,1-5H3,(H,26,27);1H. The lowest BCUT2D eigenvalue weighted by molar-refractivity contribution is 0.0503. The molecule has 1 saturated heterocycles. The highest BCUT2D eigenvalue weighted by Crippen LogP contribution is 2.40. The molecule has 3 rings (SSSR count). The van der Waals surface area contributed by atoms with Crippen LogP contribution in [0.1, 0.15) is 29.5 Å². The van der Waals surface area contributed by atoms with Gasteiger partial charge in [0.05, 0.1) is 14.2 Å². The van der Waals surface area contributed by atoms with Crippen LogP contribution in [-0.4, -0.2) is 58.9 Å². The van der Waals surface area contributed by atoms with Gasteiger partial charge in [-0.3, -0.25) is 4.99 Å². The molecule has 0 radical (unpaired) electrons. The van der Waals surface area contributed by atoms with Crippen LogP contribution in [0.4, 0.5) is 0 Å². The third-order valence-electron chi connectivity index (χ3n) is 6.13. The zero-order chi connectivity index (χ0) is 22.3. The molecule has 6 nitrogen and oxygen atoms in total. The van der Waals surface area contributed by atoms with Gasteiger partial charge < -0.3 is 24.4 Å².